The maximum Gasteiger partial charge on any atom is 0.159 e. The van der Waals surface area contributed by atoms with Gasteiger partial charge in [0.25, 0.3) is 0 Å². The summed E-state index contributed by atoms with van der Waals surface area (Å²) < 4.78 is 0. The van der Waals surface area contributed by atoms with Gasteiger partial charge in [0.1, 0.15) is 5.60 Å². The zero-order valence-corrected chi connectivity index (χ0v) is 21.1. The van der Waals surface area contributed by atoms with E-state index in [1.807, 2.05) is 24.3 Å². The van der Waals surface area contributed by atoms with Gasteiger partial charge in [-0.3, -0.25) is 4.79 Å². The Kier molecular flexibility index (Phi) is 5.80. The number of aliphatic hydroxyl groups is 1. The molecule has 0 aromatic heterocycles. The number of fused-ring (bicyclic) bond motifs is 5. The topological polar surface area (TPSA) is 37.3 Å². The predicted octanol–water partition coefficient (Wildman–Crippen LogP) is 7.04. The normalized spacial score (nSPS) is 44.1. The quantitative estimate of drug-likeness (QED) is 0.391. The molecule has 4 fully saturated rings. The fourth-order valence-electron chi connectivity index (χ4n) is 9.12. The van der Waals surface area contributed by atoms with Crippen molar-refractivity contribution in [2.24, 2.45) is 40.4 Å². The molecule has 8 atom stereocenters. The van der Waals surface area contributed by atoms with E-state index in [1.54, 1.807) is 6.92 Å². The summed E-state index contributed by atoms with van der Waals surface area (Å²) in [6, 6.07) is 7.46. The first-order valence-corrected chi connectivity index (χ1v) is 13.5. The summed E-state index contributed by atoms with van der Waals surface area (Å²) in [7, 11) is 0. The van der Waals surface area contributed by atoms with Crippen LogP contribution in [0.2, 0.25) is 0 Å². The zero-order valence-electron chi connectivity index (χ0n) is 21.1. The van der Waals surface area contributed by atoms with Crippen LogP contribution in [-0.2, 0) is 0 Å². The van der Waals surface area contributed by atoms with Crippen LogP contribution in [-0.4, -0.2) is 16.5 Å². The lowest BCUT2D eigenvalue weighted by molar-refractivity contribution is -0.138. The average molecular weight is 447 g/mol. The fraction of sp³-hybridized carbons (Fsp3) is 0.710. The van der Waals surface area contributed by atoms with E-state index in [2.05, 4.69) is 32.6 Å². The summed E-state index contributed by atoms with van der Waals surface area (Å²) in [4.78, 5) is 11.5. The van der Waals surface area contributed by atoms with Gasteiger partial charge in [-0.15, -0.1) is 0 Å². The van der Waals surface area contributed by atoms with E-state index in [1.165, 1.54) is 44.9 Å². The van der Waals surface area contributed by atoms with Crippen molar-refractivity contribution in [3.05, 3.63) is 35.4 Å². The Balaban J connectivity index is 1.32. The van der Waals surface area contributed by atoms with Gasteiger partial charge < -0.3 is 5.11 Å². The van der Waals surface area contributed by atoms with Crippen molar-refractivity contribution in [1.82, 2.24) is 0 Å². The van der Waals surface area contributed by atoms with Crippen LogP contribution in [0.5, 0.6) is 0 Å². The molecule has 1 aromatic rings. The molecule has 2 nitrogen and oxygen atoms in total. The van der Waals surface area contributed by atoms with E-state index >= 15 is 0 Å². The molecule has 0 spiro atoms. The van der Waals surface area contributed by atoms with E-state index < -0.39 is 5.60 Å². The van der Waals surface area contributed by atoms with Crippen molar-refractivity contribution in [2.75, 3.05) is 0 Å². The van der Waals surface area contributed by atoms with Gasteiger partial charge in [-0.25, -0.2) is 0 Å². The van der Waals surface area contributed by atoms with E-state index in [-0.39, 0.29) is 5.78 Å². The van der Waals surface area contributed by atoms with Crippen molar-refractivity contribution in [1.29, 1.82) is 0 Å². The largest absolute Gasteiger partial charge is 0.378 e. The molecule has 0 bridgehead atoms. The third kappa shape index (κ3) is 3.80. The minimum absolute atomic E-state index is 0.0705. The molecule has 0 radical (unpaired) electrons. The maximum absolute atomic E-state index is 11.5. The van der Waals surface area contributed by atoms with Crippen LogP contribution in [0.15, 0.2) is 24.3 Å². The van der Waals surface area contributed by atoms with Crippen LogP contribution in [0.1, 0.15) is 108 Å². The van der Waals surface area contributed by atoms with E-state index in [9.17, 15) is 9.90 Å². The molecule has 4 aliphatic carbocycles. The van der Waals surface area contributed by atoms with Gasteiger partial charge in [0.15, 0.2) is 5.78 Å². The first-order valence-electron chi connectivity index (χ1n) is 13.5. The zero-order chi connectivity index (χ0) is 23.4. The molecule has 178 valence electrons. The van der Waals surface area contributed by atoms with Crippen LogP contribution < -0.4 is 0 Å². The number of benzene rings is 1. The molecular formula is C31H42O2. The third-order valence-corrected chi connectivity index (χ3v) is 11.1. The molecule has 0 amide bonds. The highest BCUT2D eigenvalue weighted by Crippen LogP contribution is 2.68. The highest BCUT2D eigenvalue weighted by molar-refractivity contribution is 5.94. The highest BCUT2D eigenvalue weighted by Gasteiger charge is 2.60. The summed E-state index contributed by atoms with van der Waals surface area (Å²) in [5, 5.41) is 11.5. The van der Waals surface area contributed by atoms with Crippen molar-refractivity contribution in [2.45, 2.75) is 97.5 Å². The Hall–Kier alpha value is -1.59. The molecule has 1 N–H and O–H groups in total. The van der Waals surface area contributed by atoms with Crippen LogP contribution in [0.25, 0.3) is 0 Å². The molecule has 4 aliphatic rings. The summed E-state index contributed by atoms with van der Waals surface area (Å²) in [6.07, 6.45) is 12.4. The first-order chi connectivity index (χ1) is 15.7. The molecule has 2 heteroatoms. The molecular weight excluding hydrogens is 404 g/mol. The minimum atomic E-state index is -0.875. The lowest BCUT2D eigenvalue weighted by Crippen LogP contribution is -2.55. The smallest absolute Gasteiger partial charge is 0.159 e. The first kappa shape index (κ1) is 23.2. The Labute approximate surface area is 200 Å². The average Bonchev–Trinajstić information content (AvgIpc) is 3.15. The number of carbonyl (C=O) groups excluding carboxylic acids is 1. The number of hydrogen-bond donors (Lipinski definition) is 1. The Morgan fingerprint density at radius 1 is 0.970 bits per heavy atom. The maximum atomic E-state index is 11.5. The van der Waals surface area contributed by atoms with E-state index in [0.29, 0.717) is 22.3 Å². The van der Waals surface area contributed by atoms with Crippen molar-refractivity contribution < 1.29 is 9.90 Å². The summed E-state index contributed by atoms with van der Waals surface area (Å²) in [5.41, 5.74) is 1.66. The van der Waals surface area contributed by atoms with Crippen LogP contribution >= 0.6 is 0 Å². The molecule has 0 unspecified atom stereocenters. The van der Waals surface area contributed by atoms with Gasteiger partial charge in [-0.05, 0) is 117 Å². The lowest BCUT2D eigenvalue weighted by atomic mass is 9.44. The fourth-order valence-corrected chi connectivity index (χ4v) is 9.12. The summed E-state index contributed by atoms with van der Waals surface area (Å²) >= 11 is 0. The second-order valence-corrected chi connectivity index (χ2v) is 12.5. The number of Topliss-reactive ketones (excluding diaryl/α,β-unsaturated/α-hetero) is 1. The van der Waals surface area contributed by atoms with Crippen molar-refractivity contribution in [3.63, 3.8) is 0 Å². The highest BCUT2D eigenvalue weighted by atomic mass is 16.3. The third-order valence-electron chi connectivity index (χ3n) is 11.1. The summed E-state index contributed by atoms with van der Waals surface area (Å²) in [6.45, 7) is 9.18. The Bertz CT molecular complexity index is 967. The number of carbonyl (C=O) groups is 1. The Morgan fingerprint density at radius 3 is 2.39 bits per heavy atom. The molecule has 0 aliphatic heterocycles. The van der Waals surface area contributed by atoms with Gasteiger partial charge in [-0.1, -0.05) is 51.2 Å². The van der Waals surface area contributed by atoms with E-state index in [0.717, 1.165) is 48.5 Å². The van der Waals surface area contributed by atoms with Crippen molar-refractivity contribution in [3.8, 4) is 11.8 Å². The molecule has 0 saturated heterocycles. The number of rotatable bonds is 2. The second kappa shape index (κ2) is 8.27. The van der Waals surface area contributed by atoms with Crippen LogP contribution in [0, 0.1) is 52.3 Å². The molecule has 1 aromatic carbocycles. The van der Waals surface area contributed by atoms with Gasteiger partial charge >= 0.3 is 0 Å². The SMILES string of the molecule is CC[C@H]1CC[C@H]2[C@@H]3CC[C@H]4C[C@@](O)(C#Cc5ccc(C(C)=O)cc5)CC[C@]4(C)[C@H]3CC[C@]12C. The van der Waals surface area contributed by atoms with E-state index in [4.69, 9.17) is 0 Å². The van der Waals surface area contributed by atoms with Gasteiger partial charge in [-0.2, -0.15) is 0 Å². The van der Waals surface area contributed by atoms with Crippen LogP contribution in [0.3, 0.4) is 0 Å². The molecule has 5 rings (SSSR count). The van der Waals surface area contributed by atoms with Crippen molar-refractivity contribution >= 4 is 5.78 Å². The van der Waals surface area contributed by atoms with Gasteiger partial charge in [0, 0.05) is 11.1 Å². The lowest BCUT2D eigenvalue weighted by Gasteiger charge is -2.61. The monoisotopic (exact) mass is 446 g/mol. The summed E-state index contributed by atoms with van der Waals surface area (Å²) in [5.74, 6) is 10.7. The van der Waals surface area contributed by atoms with Gasteiger partial charge in [0.05, 0.1) is 0 Å². The minimum Gasteiger partial charge on any atom is -0.378 e. The molecule has 33 heavy (non-hydrogen) atoms. The van der Waals surface area contributed by atoms with Crippen LogP contribution in [0.4, 0.5) is 0 Å². The predicted molar refractivity (Wildman–Crippen MR) is 134 cm³/mol. The van der Waals surface area contributed by atoms with Gasteiger partial charge in [0.2, 0.25) is 0 Å². The standard InChI is InChI=1S/C31H42O2/c1-5-24-11-13-27-26-12-10-25-20-31(33,17-14-22-6-8-23(9-7-22)21(2)32)19-18-30(25,4)28(26)15-16-29(24,27)3/h6-9,24-28,33H,5,10-13,15-16,18-20H2,1-4H3/t24-,25-,26-,27-,28-,29+,30-,31+/m0/s1. The molecule has 0 heterocycles. The molecule has 4 saturated carbocycles. The number of ketones is 1. The Morgan fingerprint density at radius 2 is 1.70 bits per heavy atom. The number of hydrogen-bond acceptors (Lipinski definition) is 2. The second-order valence-electron chi connectivity index (χ2n) is 12.5.